The summed E-state index contributed by atoms with van der Waals surface area (Å²) >= 11 is 0. The van der Waals surface area contributed by atoms with Gasteiger partial charge in [0.05, 0.1) is 17.9 Å². The largest absolute Gasteiger partial charge is 2.00 e. The zero-order valence-electron chi connectivity index (χ0n) is 36.0. The van der Waals surface area contributed by atoms with E-state index < -0.39 is 0 Å². The topological polar surface area (TPSA) is 53.7 Å². The normalized spacial score (nSPS) is 11.7. The van der Waals surface area contributed by atoms with Crippen LogP contribution in [0.15, 0.2) is 144 Å². The predicted molar refractivity (Wildman–Crippen MR) is 247 cm³/mol. The Balaban J connectivity index is 0.00000514. The SMILES string of the molecule is CC(C)c1cccc(C(C)C)c1-c1cnn(-c2[c-]c(-n3c4[c-]c(-n5cc(-c6c(C(C)C)cccc6C(C)C)cn5)ccc4oc4ccccc4c4ccccc43)ccc2)c1.[Pt+2]. The van der Waals surface area contributed by atoms with Gasteiger partial charge in [-0.05, 0) is 86.1 Å². The van der Waals surface area contributed by atoms with E-state index in [4.69, 9.17) is 14.6 Å². The van der Waals surface area contributed by atoms with E-state index in [-0.39, 0.29) is 21.1 Å². The number of para-hydroxylation sites is 2. The maximum absolute atomic E-state index is 6.83. The summed E-state index contributed by atoms with van der Waals surface area (Å²) in [6.45, 7) is 18.1. The molecule has 0 aliphatic carbocycles. The third kappa shape index (κ3) is 7.79. The zero-order valence-corrected chi connectivity index (χ0v) is 38.3. The minimum atomic E-state index is 0. The molecule has 9 rings (SSSR count). The third-order valence-electron chi connectivity index (χ3n) is 11.6. The molecule has 0 fully saturated rings. The van der Waals surface area contributed by atoms with Crippen LogP contribution in [0.4, 0.5) is 0 Å². The molecule has 6 nitrogen and oxygen atoms in total. The van der Waals surface area contributed by atoms with Gasteiger partial charge < -0.3 is 8.98 Å². The van der Waals surface area contributed by atoms with Crippen LogP contribution in [-0.2, 0) is 21.1 Å². The number of hydrogen-bond donors (Lipinski definition) is 0. The molecule has 3 aromatic heterocycles. The van der Waals surface area contributed by atoms with E-state index in [1.54, 1.807) is 0 Å². The molecule has 0 atom stereocenters. The molecule has 0 spiro atoms. The van der Waals surface area contributed by atoms with Crippen LogP contribution in [0.1, 0.15) is 101 Å². The first-order chi connectivity index (χ1) is 29.1. The molecule has 3 heterocycles. The molecule has 0 unspecified atom stereocenters. The Morgan fingerprint density at radius 2 is 0.934 bits per heavy atom. The van der Waals surface area contributed by atoms with Crippen molar-refractivity contribution in [3.63, 3.8) is 0 Å². The van der Waals surface area contributed by atoms with Crippen molar-refractivity contribution in [3.8, 4) is 39.3 Å². The zero-order chi connectivity index (χ0) is 41.7. The fourth-order valence-corrected chi connectivity index (χ4v) is 8.65. The molecule has 0 amide bonds. The smallest absolute Gasteiger partial charge is 0.514 e. The van der Waals surface area contributed by atoms with Crippen LogP contribution >= 0.6 is 0 Å². The van der Waals surface area contributed by atoms with Crippen molar-refractivity contribution in [3.05, 3.63) is 174 Å². The van der Waals surface area contributed by atoms with Crippen molar-refractivity contribution < 1.29 is 25.5 Å². The van der Waals surface area contributed by atoms with Gasteiger partial charge >= 0.3 is 21.1 Å². The van der Waals surface area contributed by atoms with Gasteiger partial charge in [-0.3, -0.25) is 9.36 Å². The quantitative estimate of drug-likeness (QED) is 0.135. The van der Waals surface area contributed by atoms with Crippen molar-refractivity contribution in [1.82, 2.24) is 24.1 Å². The number of benzene rings is 6. The van der Waals surface area contributed by atoms with Gasteiger partial charge in [0.1, 0.15) is 5.58 Å². The standard InChI is InChI=1S/C54H51N5O.Pt/c1-34(2)43-20-14-21-44(35(3)4)53(43)38-30-55-57(32-38)40-16-13-17-42(28-40)59-49-24-11-9-18-47(49)48-19-10-12-25-51(48)60-52-27-26-41(29-50(52)59)58-33-39(31-56-58)54-45(36(5)6)22-15-23-46(54)37(7)8;/h9-27,30-37H,1-8H3;/q-2;+2. The third-order valence-corrected chi connectivity index (χ3v) is 11.6. The molecule has 0 N–H and O–H groups in total. The van der Waals surface area contributed by atoms with Crippen LogP contribution in [-0.4, -0.2) is 24.1 Å². The molecule has 0 aliphatic rings. The molecule has 61 heavy (non-hydrogen) atoms. The first kappa shape index (κ1) is 41.7. The maximum atomic E-state index is 6.83. The Labute approximate surface area is 373 Å². The molecular weight excluding hydrogens is 930 g/mol. The maximum Gasteiger partial charge on any atom is 2.00 e. The second-order valence-electron chi connectivity index (χ2n) is 17.0. The fourth-order valence-electron chi connectivity index (χ4n) is 8.65. The summed E-state index contributed by atoms with van der Waals surface area (Å²) in [6, 6.07) is 47.9. The van der Waals surface area contributed by atoms with Crippen molar-refractivity contribution in [2.75, 3.05) is 0 Å². The Hall–Kier alpha value is -5.97. The van der Waals surface area contributed by atoms with Crippen molar-refractivity contribution in [2.24, 2.45) is 0 Å². The van der Waals surface area contributed by atoms with Crippen molar-refractivity contribution in [2.45, 2.75) is 79.1 Å². The summed E-state index contributed by atoms with van der Waals surface area (Å²) in [6.07, 6.45) is 8.24. The van der Waals surface area contributed by atoms with E-state index in [2.05, 4.69) is 175 Å². The predicted octanol–water partition coefficient (Wildman–Crippen LogP) is 14.5. The molecule has 0 bridgehead atoms. The Kier molecular flexibility index (Phi) is 11.8. The van der Waals surface area contributed by atoms with E-state index in [0.717, 1.165) is 55.6 Å². The number of aromatic nitrogens is 5. The monoisotopic (exact) mass is 980 g/mol. The molecule has 0 saturated carbocycles. The van der Waals surface area contributed by atoms with Crippen LogP contribution in [0, 0.1) is 12.1 Å². The molecule has 0 aliphatic heterocycles. The second-order valence-corrected chi connectivity index (χ2v) is 17.0. The number of fused-ring (bicyclic) bond motifs is 4. The van der Waals surface area contributed by atoms with Gasteiger partial charge in [-0.25, -0.2) is 0 Å². The summed E-state index contributed by atoms with van der Waals surface area (Å²) in [7, 11) is 0. The van der Waals surface area contributed by atoms with Crippen LogP contribution in [0.3, 0.4) is 0 Å². The molecule has 0 radical (unpaired) electrons. The Bertz CT molecular complexity index is 3030. The first-order valence-electron chi connectivity index (χ1n) is 21.2. The van der Waals surface area contributed by atoms with Crippen LogP contribution in [0.25, 0.3) is 72.3 Å². The molecule has 7 heteroatoms. The summed E-state index contributed by atoms with van der Waals surface area (Å²) < 4.78 is 12.9. The summed E-state index contributed by atoms with van der Waals surface area (Å²) in [4.78, 5) is 0. The van der Waals surface area contributed by atoms with Crippen LogP contribution in [0.2, 0.25) is 0 Å². The molecular formula is C54H51N5OPt. The van der Waals surface area contributed by atoms with Gasteiger partial charge in [-0.15, -0.1) is 36.4 Å². The van der Waals surface area contributed by atoms with Gasteiger partial charge in [-0.1, -0.05) is 134 Å². The van der Waals surface area contributed by atoms with Gasteiger partial charge in [0, 0.05) is 39.9 Å². The van der Waals surface area contributed by atoms with Gasteiger partial charge in [0.2, 0.25) is 0 Å². The molecule has 9 aromatic rings. The fraction of sp³-hybridized carbons (Fsp3) is 0.222. The number of rotatable bonds is 9. The Morgan fingerprint density at radius 1 is 0.459 bits per heavy atom. The van der Waals surface area contributed by atoms with Crippen LogP contribution < -0.4 is 0 Å². The average Bonchev–Trinajstić information content (AvgIpc) is 3.95. The minimum Gasteiger partial charge on any atom is -0.514 e. The van der Waals surface area contributed by atoms with E-state index >= 15 is 0 Å². The number of nitrogens with zero attached hydrogens (tertiary/aromatic N) is 5. The summed E-state index contributed by atoms with van der Waals surface area (Å²) in [5.41, 5.74) is 15.7. The van der Waals surface area contributed by atoms with E-state index in [1.807, 2.05) is 46.0 Å². The first-order valence-corrected chi connectivity index (χ1v) is 21.2. The number of hydrogen-bond acceptors (Lipinski definition) is 3. The Morgan fingerprint density at radius 3 is 1.49 bits per heavy atom. The van der Waals surface area contributed by atoms with Crippen molar-refractivity contribution >= 4 is 33.0 Å². The second kappa shape index (κ2) is 17.2. The van der Waals surface area contributed by atoms with Gasteiger partial charge in [-0.2, -0.15) is 16.3 Å². The minimum absolute atomic E-state index is 0. The van der Waals surface area contributed by atoms with E-state index in [9.17, 15) is 0 Å². The average molecular weight is 981 g/mol. The molecule has 308 valence electrons. The summed E-state index contributed by atoms with van der Waals surface area (Å²) in [5.74, 6) is 1.48. The van der Waals surface area contributed by atoms with Crippen LogP contribution in [0.5, 0.6) is 0 Å². The van der Waals surface area contributed by atoms with Gasteiger partial charge in [0.25, 0.3) is 0 Å². The molecule has 0 saturated heterocycles. The molecule has 6 aromatic carbocycles. The summed E-state index contributed by atoms with van der Waals surface area (Å²) in [5, 5.41) is 11.9. The van der Waals surface area contributed by atoms with Gasteiger partial charge in [0.15, 0.2) is 0 Å². The van der Waals surface area contributed by atoms with E-state index in [1.165, 1.54) is 33.4 Å². The van der Waals surface area contributed by atoms with Crippen molar-refractivity contribution in [1.29, 1.82) is 0 Å². The van der Waals surface area contributed by atoms with E-state index in [0.29, 0.717) is 29.3 Å².